The number of hydrogen-bond donors (Lipinski definition) is 1. The first-order valence-electron chi connectivity index (χ1n) is 5.07. The van der Waals surface area contributed by atoms with Gasteiger partial charge in [-0.05, 0) is 13.5 Å². The lowest BCUT2D eigenvalue weighted by atomic mass is 10.2. The Morgan fingerprint density at radius 2 is 1.87 bits per heavy atom. The van der Waals surface area contributed by atoms with Gasteiger partial charge >= 0.3 is 5.97 Å². The van der Waals surface area contributed by atoms with Crippen LogP contribution < -0.4 is 0 Å². The van der Waals surface area contributed by atoms with E-state index in [0.29, 0.717) is 13.1 Å². The zero-order valence-corrected chi connectivity index (χ0v) is 9.86. The predicted octanol–water partition coefficient (Wildman–Crippen LogP) is 0.260. The third kappa shape index (κ3) is 4.78. The molecule has 15 heavy (non-hydrogen) atoms. The van der Waals surface area contributed by atoms with E-state index in [2.05, 4.69) is 0 Å². The molecule has 1 N–H and O–H groups in total. The monoisotopic (exact) mass is 216 g/mol. The molecule has 0 aliphatic carbocycles. The summed E-state index contributed by atoms with van der Waals surface area (Å²) in [5, 5.41) is 8.57. The number of carbonyl (C=O) groups is 2. The third-order valence-electron chi connectivity index (χ3n) is 2.36. The number of nitrogens with zero attached hydrogens (tertiary/aromatic N) is 2. The van der Waals surface area contributed by atoms with Crippen molar-refractivity contribution in [3.63, 3.8) is 0 Å². The van der Waals surface area contributed by atoms with E-state index >= 15 is 0 Å². The van der Waals surface area contributed by atoms with Crippen molar-refractivity contribution >= 4 is 11.9 Å². The van der Waals surface area contributed by atoms with Crippen molar-refractivity contribution in [3.8, 4) is 0 Å². The van der Waals surface area contributed by atoms with E-state index < -0.39 is 5.97 Å². The Kier molecular flexibility index (Phi) is 5.93. The molecule has 0 aliphatic rings. The van der Waals surface area contributed by atoms with Gasteiger partial charge in [0, 0.05) is 20.6 Å². The fourth-order valence-corrected chi connectivity index (χ4v) is 1.39. The fourth-order valence-electron chi connectivity index (χ4n) is 1.39. The lowest BCUT2D eigenvalue weighted by Gasteiger charge is -2.28. The molecule has 0 fully saturated rings. The van der Waals surface area contributed by atoms with Crippen molar-refractivity contribution in [2.45, 2.75) is 26.3 Å². The van der Waals surface area contributed by atoms with Crippen LogP contribution in [0, 0.1) is 0 Å². The summed E-state index contributed by atoms with van der Waals surface area (Å²) in [6.45, 7) is 4.80. The summed E-state index contributed by atoms with van der Waals surface area (Å²) in [6, 6.07) is -0.260. The number of aliphatic carboxylic acids is 1. The molecule has 0 radical (unpaired) electrons. The summed E-state index contributed by atoms with van der Waals surface area (Å²) in [5.74, 6) is -0.833. The SMILES string of the molecule is CCN(CCC(=O)O)C(C)C(=O)N(C)C. The smallest absolute Gasteiger partial charge is 0.304 e. The van der Waals surface area contributed by atoms with E-state index in [9.17, 15) is 9.59 Å². The van der Waals surface area contributed by atoms with Crippen LogP contribution in [0.3, 0.4) is 0 Å². The summed E-state index contributed by atoms with van der Waals surface area (Å²) in [7, 11) is 3.40. The molecule has 1 atom stereocenters. The molecule has 88 valence electrons. The Hall–Kier alpha value is -1.10. The highest BCUT2D eigenvalue weighted by atomic mass is 16.4. The van der Waals surface area contributed by atoms with E-state index in [1.165, 1.54) is 4.90 Å². The summed E-state index contributed by atoms with van der Waals surface area (Å²) in [4.78, 5) is 25.4. The van der Waals surface area contributed by atoms with Gasteiger partial charge in [-0.3, -0.25) is 14.5 Å². The molecular weight excluding hydrogens is 196 g/mol. The lowest BCUT2D eigenvalue weighted by molar-refractivity contribution is -0.139. The standard InChI is InChI=1S/C10H20N2O3/c1-5-12(7-6-9(13)14)8(2)10(15)11(3)4/h8H,5-7H2,1-4H3,(H,13,14). The Bertz CT molecular complexity index is 229. The summed E-state index contributed by atoms with van der Waals surface area (Å²) >= 11 is 0. The van der Waals surface area contributed by atoms with Crippen LogP contribution in [0.4, 0.5) is 0 Å². The minimum Gasteiger partial charge on any atom is -0.481 e. The summed E-state index contributed by atoms with van der Waals surface area (Å²) in [6.07, 6.45) is 0.0683. The van der Waals surface area contributed by atoms with Crippen molar-refractivity contribution in [2.24, 2.45) is 0 Å². The molecule has 0 aliphatic heterocycles. The average Bonchev–Trinajstić information content (AvgIpc) is 2.16. The van der Waals surface area contributed by atoms with Gasteiger partial charge in [0.2, 0.25) is 5.91 Å². The van der Waals surface area contributed by atoms with E-state index in [0.717, 1.165) is 0 Å². The highest BCUT2D eigenvalue weighted by Crippen LogP contribution is 2.03. The minimum absolute atomic E-state index is 0.00207. The number of amides is 1. The van der Waals surface area contributed by atoms with Gasteiger partial charge in [0.1, 0.15) is 0 Å². The molecule has 0 aromatic carbocycles. The van der Waals surface area contributed by atoms with Crippen LogP contribution in [-0.4, -0.2) is 60.0 Å². The van der Waals surface area contributed by atoms with Gasteiger partial charge in [-0.15, -0.1) is 0 Å². The molecule has 0 bridgehead atoms. The quantitative estimate of drug-likeness (QED) is 0.692. The molecule has 1 amide bonds. The molecule has 0 spiro atoms. The maximum atomic E-state index is 11.6. The van der Waals surface area contributed by atoms with Crippen molar-refractivity contribution < 1.29 is 14.7 Å². The normalized spacial score (nSPS) is 12.6. The largest absolute Gasteiger partial charge is 0.481 e. The molecular formula is C10H20N2O3. The first-order valence-corrected chi connectivity index (χ1v) is 5.07. The molecule has 5 heteroatoms. The van der Waals surface area contributed by atoms with Gasteiger partial charge in [0.15, 0.2) is 0 Å². The zero-order valence-electron chi connectivity index (χ0n) is 9.86. The van der Waals surface area contributed by atoms with Gasteiger partial charge in [-0.25, -0.2) is 0 Å². The number of carboxylic acid groups (broad SMARTS) is 1. The molecule has 0 aromatic rings. The summed E-state index contributed by atoms with van der Waals surface area (Å²) in [5.41, 5.74) is 0. The number of carbonyl (C=O) groups excluding carboxylic acids is 1. The van der Waals surface area contributed by atoms with Crippen LogP contribution in [0.15, 0.2) is 0 Å². The molecule has 1 unspecified atom stereocenters. The second kappa shape index (κ2) is 6.40. The number of hydrogen-bond acceptors (Lipinski definition) is 3. The Morgan fingerprint density at radius 3 is 2.20 bits per heavy atom. The highest BCUT2D eigenvalue weighted by Gasteiger charge is 2.21. The van der Waals surface area contributed by atoms with Crippen LogP contribution in [-0.2, 0) is 9.59 Å². The lowest BCUT2D eigenvalue weighted by Crippen LogP contribution is -2.45. The molecule has 0 heterocycles. The Labute approximate surface area is 90.7 Å². The Balaban J connectivity index is 4.27. The molecule has 0 rings (SSSR count). The predicted molar refractivity (Wildman–Crippen MR) is 57.7 cm³/mol. The Morgan fingerprint density at radius 1 is 1.33 bits per heavy atom. The van der Waals surface area contributed by atoms with E-state index in [-0.39, 0.29) is 18.4 Å². The van der Waals surface area contributed by atoms with E-state index in [4.69, 9.17) is 5.11 Å². The topological polar surface area (TPSA) is 60.9 Å². The zero-order chi connectivity index (χ0) is 12.0. The molecule has 0 saturated carbocycles. The summed E-state index contributed by atoms with van der Waals surface area (Å²) < 4.78 is 0. The third-order valence-corrected chi connectivity index (χ3v) is 2.36. The average molecular weight is 216 g/mol. The first-order chi connectivity index (χ1) is 6.90. The first kappa shape index (κ1) is 13.9. The second-order valence-electron chi connectivity index (χ2n) is 3.68. The maximum absolute atomic E-state index is 11.6. The van der Waals surface area contributed by atoms with Gasteiger partial charge in [0.05, 0.1) is 12.5 Å². The highest BCUT2D eigenvalue weighted by molar-refractivity contribution is 5.81. The molecule has 0 saturated heterocycles. The van der Waals surface area contributed by atoms with Gasteiger partial charge in [-0.2, -0.15) is 0 Å². The van der Waals surface area contributed by atoms with Crippen LogP contribution in [0.5, 0.6) is 0 Å². The molecule has 5 nitrogen and oxygen atoms in total. The second-order valence-corrected chi connectivity index (χ2v) is 3.68. The van der Waals surface area contributed by atoms with Crippen molar-refractivity contribution in [2.75, 3.05) is 27.2 Å². The molecule has 0 aromatic heterocycles. The fraction of sp³-hybridized carbons (Fsp3) is 0.800. The van der Waals surface area contributed by atoms with E-state index in [1.807, 2.05) is 11.8 Å². The van der Waals surface area contributed by atoms with Crippen molar-refractivity contribution in [1.82, 2.24) is 9.80 Å². The van der Waals surface area contributed by atoms with Gasteiger partial charge in [0.25, 0.3) is 0 Å². The van der Waals surface area contributed by atoms with Crippen LogP contribution >= 0.6 is 0 Å². The van der Waals surface area contributed by atoms with E-state index in [1.54, 1.807) is 21.0 Å². The van der Waals surface area contributed by atoms with Crippen molar-refractivity contribution in [3.05, 3.63) is 0 Å². The van der Waals surface area contributed by atoms with Gasteiger partial charge in [-0.1, -0.05) is 6.92 Å². The van der Waals surface area contributed by atoms with Crippen LogP contribution in [0.2, 0.25) is 0 Å². The number of likely N-dealkylation sites (N-methyl/N-ethyl adjacent to an activating group) is 2. The number of rotatable bonds is 6. The van der Waals surface area contributed by atoms with Crippen LogP contribution in [0.25, 0.3) is 0 Å². The van der Waals surface area contributed by atoms with Gasteiger partial charge < -0.3 is 10.0 Å². The van der Waals surface area contributed by atoms with Crippen molar-refractivity contribution in [1.29, 1.82) is 0 Å². The number of carboxylic acids is 1. The maximum Gasteiger partial charge on any atom is 0.304 e. The van der Waals surface area contributed by atoms with Crippen LogP contribution in [0.1, 0.15) is 20.3 Å². The minimum atomic E-state index is -0.835.